The summed E-state index contributed by atoms with van der Waals surface area (Å²) in [6.07, 6.45) is 1.75. The second-order valence-electron chi connectivity index (χ2n) is 7.20. The summed E-state index contributed by atoms with van der Waals surface area (Å²) in [5.74, 6) is 0. The van der Waals surface area contributed by atoms with Gasteiger partial charge in [0.05, 0.1) is 0 Å². The van der Waals surface area contributed by atoms with E-state index >= 15 is 0 Å². The van der Waals surface area contributed by atoms with Crippen LogP contribution in [0.15, 0.2) is 60.7 Å². The van der Waals surface area contributed by atoms with E-state index in [2.05, 4.69) is 34.5 Å². The number of hydrogen-bond donors (Lipinski definition) is 2. The van der Waals surface area contributed by atoms with Gasteiger partial charge in [0.25, 0.3) is 0 Å². The van der Waals surface area contributed by atoms with Crippen LogP contribution in [0.3, 0.4) is 0 Å². The normalized spacial score (nSPS) is 16.6. The molecule has 1 amide bonds. The van der Waals surface area contributed by atoms with Gasteiger partial charge >= 0.3 is 6.09 Å². The Morgan fingerprint density at radius 3 is 2.19 bits per heavy atom. The number of piperidine rings is 1. The number of likely N-dealkylation sites (tertiary alicyclic amines) is 1. The first-order valence-corrected chi connectivity index (χ1v) is 9.55. The number of carbonyl (C=O) groups is 1. The third-order valence-corrected chi connectivity index (χ3v) is 5.23. The van der Waals surface area contributed by atoms with Gasteiger partial charge in [-0.1, -0.05) is 60.7 Å². The van der Waals surface area contributed by atoms with Crippen molar-refractivity contribution < 1.29 is 14.6 Å². The van der Waals surface area contributed by atoms with Crippen LogP contribution in [0.25, 0.3) is 0 Å². The second-order valence-corrected chi connectivity index (χ2v) is 7.20. The van der Waals surface area contributed by atoms with Crippen LogP contribution in [-0.4, -0.2) is 41.3 Å². The van der Waals surface area contributed by atoms with Gasteiger partial charge in [-0.3, -0.25) is 4.90 Å². The number of rotatable bonds is 7. The molecular weight excluding hydrogens is 340 g/mol. The van der Waals surface area contributed by atoms with Crippen LogP contribution in [0.4, 0.5) is 4.79 Å². The SMILES string of the molecule is O=C(NC1(CCO)CCN(Cc2ccccc2)CC1)OCc1ccccc1. The van der Waals surface area contributed by atoms with E-state index in [9.17, 15) is 9.90 Å². The summed E-state index contributed by atoms with van der Waals surface area (Å²) in [5, 5.41) is 12.5. The molecule has 0 saturated carbocycles. The Hall–Kier alpha value is -2.37. The second kappa shape index (κ2) is 9.53. The van der Waals surface area contributed by atoms with Crippen LogP contribution in [0.2, 0.25) is 0 Å². The molecule has 1 heterocycles. The van der Waals surface area contributed by atoms with Gasteiger partial charge in [-0.25, -0.2) is 4.79 Å². The van der Waals surface area contributed by atoms with Crippen molar-refractivity contribution in [3.05, 3.63) is 71.8 Å². The third-order valence-electron chi connectivity index (χ3n) is 5.23. The van der Waals surface area contributed by atoms with E-state index in [4.69, 9.17) is 4.74 Å². The molecule has 144 valence electrons. The minimum absolute atomic E-state index is 0.0532. The van der Waals surface area contributed by atoms with Crippen LogP contribution in [0.5, 0.6) is 0 Å². The number of nitrogens with zero attached hydrogens (tertiary/aromatic N) is 1. The molecule has 2 N–H and O–H groups in total. The van der Waals surface area contributed by atoms with Gasteiger partial charge < -0.3 is 15.2 Å². The Morgan fingerprint density at radius 1 is 1.00 bits per heavy atom. The van der Waals surface area contributed by atoms with Gasteiger partial charge in [0.1, 0.15) is 6.61 Å². The molecule has 1 fully saturated rings. The summed E-state index contributed by atoms with van der Waals surface area (Å²) in [5.41, 5.74) is 1.86. The molecule has 0 aromatic heterocycles. The van der Waals surface area contributed by atoms with Gasteiger partial charge in [0, 0.05) is 31.8 Å². The molecule has 0 aliphatic carbocycles. The predicted octanol–water partition coefficient (Wildman–Crippen LogP) is 3.33. The first-order valence-electron chi connectivity index (χ1n) is 9.55. The average molecular weight is 368 g/mol. The molecule has 0 atom stereocenters. The highest BCUT2D eigenvalue weighted by molar-refractivity contribution is 5.68. The van der Waals surface area contributed by atoms with Crippen LogP contribution in [-0.2, 0) is 17.9 Å². The minimum Gasteiger partial charge on any atom is -0.445 e. The highest BCUT2D eigenvalue weighted by Gasteiger charge is 2.36. The van der Waals surface area contributed by atoms with Crippen LogP contribution in [0, 0.1) is 0 Å². The van der Waals surface area contributed by atoms with E-state index in [1.165, 1.54) is 5.56 Å². The number of ether oxygens (including phenoxy) is 1. The van der Waals surface area contributed by atoms with Crippen molar-refractivity contribution in [2.45, 2.75) is 38.0 Å². The van der Waals surface area contributed by atoms with Gasteiger partial charge in [0.2, 0.25) is 0 Å². The third kappa shape index (κ3) is 5.81. The molecule has 0 spiro atoms. The average Bonchev–Trinajstić information content (AvgIpc) is 2.70. The summed E-state index contributed by atoms with van der Waals surface area (Å²) in [6, 6.07) is 20.0. The number of hydrogen-bond acceptors (Lipinski definition) is 4. The molecule has 1 aliphatic rings. The van der Waals surface area contributed by atoms with Crippen molar-refractivity contribution in [1.29, 1.82) is 0 Å². The lowest BCUT2D eigenvalue weighted by Gasteiger charge is -2.42. The Balaban J connectivity index is 1.51. The largest absolute Gasteiger partial charge is 0.445 e. The maximum absolute atomic E-state index is 12.3. The fourth-order valence-corrected chi connectivity index (χ4v) is 3.61. The van der Waals surface area contributed by atoms with Crippen molar-refractivity contribution in [2.24, 2.45) is 0 Å². The molecule has 2 aromatic rings. The summed E-state index contributed by atoms with van der Waals surface area (Å²) < 4.78 is 5.38. The first-order chi connectivity index (χ1) is 13.2. The van der Waals surface area contributed by atoms with Gasteiger partial charge in [0.15, 0.2) is 0 Å². The Morgan fingerprint density at radius 2 is 1.59 bits per heavy atom. The summed E-state index contributed by atoms with van der Waals surface area (Å²) in [7, 11) is 0. The summed E-state index contributed by atoms with van der Waals surface area (Å²) in [4.78, 5) is 14.7. The van der Waals surface area contributed by atoms with Crippen molar-refractivity contribution in [2.75, 3.05) is 19.7 Å². The molecular formula is C22H28N2O3. The number of benzene rings is 2. The molecule has 5 heteroatoms. The lowest BCUT2D eigenvalue weighted by molar-refractivity contribution is 0.0828. The number of carbonyl (C=O) groups excluding carboxylic acids is 1. The van der Waals surface area contributed by atoms with Gasteiger partial charge in [-0.05, 0) is 30.4 Å². The zero-order chi connectivity index (χ0) is 19.0. The van der Waals surface area contributed by atoms with Crippen LogP contribution in [0.1, 0.15) is 30.4 Å². The number of nitrogens with one attached hydrogen (secondary N) is 1. The number of alkyl carbamates (subject to hydrolysis) is 1. The number of aliphatic hydroxyl groups excluding tert-OH is 1. The van der Waals surface area contributed by atoms with Gasteiger partial charge in [-0.15, -0.1) is 0 Å². The Labute approximate surface area is 161 Å². The summed E-state index contributed by atoms with van der Waals surface area (Å²) in [6.45, 7) is 2.98. The minimum atomic E-state index is -0.413. The first kappa shape index (κ1) is 19.4. The van der Waals surface area contributed by atoms with E-state index in [1.54, 1.807) is 0 Å². The van der Waals surface area contributed by atoms with E-state index < -0.39 is 11.6 Å². The molecule has 2 aromatic carbocycles. The maximum atomic E-state index is 12.3. The molecule has 1 aliphatic heterocycles. The molecule has 0 unspecified atom stereocenters. The molecule has 0 radical (unpaired) electrons. The quantitative estimate of drug-likeness (QED) is 0.787. The number of amides is 1. The fraction of sp³-hybridized carbons (Fsp3) is 0.409. The van der Waals surface area contributed by atoms with Crippen molar-refractivity contribution in [3.63, 3.8) is 0 Å². The monoisotopic (exact) mass is 368 g/mol. The fourth-order valence-electron chi connectivity index (χ4n) is 3.61. The van der Waals surface area contributed by atoms with Crippen molar-refractivity contribution in [3.8, 4) is 0 Å². The summed E-state index contributed by atoms with van der Waals surface area (Å²) >= 11 is 0. The zero-order valence-electron chi connectivity index (χ0n) is 15.6. The standard InChI is InChI=1S/C22H28N2O3/c25-16-13-22(23-21(26)27-18-20-9-5-2-6-10-20)11-14-24(15-12-22)17-19-7-3-1-4-8-19/h1-10,25H,11-18H2,(H,23,26). The smallest absolute Gasteiger partial charge is 0.407 e. The van der Waals surface area contributed by atoms with Crippen LogP contribution < -0.4 is 5.32 Å². The molecule has 27 heavy (non-hydrogen) atoms. The van der Waals surface area contributed by atoms with Crippen molar-refractivity contribution in [1.82, 2.24) is 10.2 Å². The lowest BCUT2D eigenvalue weighted by atomic mass is 9.84. The van der Waals surface area contributed by atoms with Crippen LogP contribution >= 0.6 is 0 Å². The van der Waals surface area contributed by atoms with E-state index in [0.29, 0.717) is 6.42 Å². The molecule has 1 saturated heterocycles. The predicted molar refractivity (Wildman–Crippen MR) is 105 cm³/mol. The molecule has 5 nitrogen and oxygen atoms in total. The van der Waals surface area contributed by atoms with E-state index in [1.807, 2.05) is 36.4 Å². The maximum Gasteiger partial charge on any atom is 0.407 e. The Kier molecular flexibility index (Phi) is 6.85. The Bertz CT molecular complexity index is 698. The molecule has 0 bridgehead atoms. The lowest BCUT2D eigenvalue weighted by Crippen LogP contribution is -2.55. The number of aliphatic hydroxyl groups is 1. The topological polar surface area (TPSA) is 61.8 Å². The molecule has 3 rings (SSSR count). The zero-order valence-corrected chi connectivity index (χ0v) is 15.6. The highest BCUT2D eigenvalue weighted by atomic mass is 16.5. The van der Waals surface area contributed by atoms with Crippen molar-refractivity contribution >= 4 is 6.09 Å². The van der Waals surface area contributed by atoms with E-state index in [0.717, 1.165) is 38.0 Å². The van der Waals surface area contributed by atoms with Gasteiger partial charge in [-0.2, -0.15) is 0 Å². The highest BCUT2D eigenvalue weighted by Crippen LogP contribution is 2.27. The van der Waals surface area contributed by atoms with E-state index in [-0.39, 0.29) is 13.2 Å².